The van der Waals surface area contributed by atoms with Crippen molar-refractivity contribution < 1.29 is 9.37 Å². The fourth-order valence-corrected chi connectivity index (χ4v) is 1.86. The van der Waals surface area contributed by atoms with Gasteiger partial charge in [-0.05, 0) is 43.3 Å². The number of aryl methyl sites for hydroxylation is 1. The molecule has 1 heterocycles. The third-order valence-electron chi connectivity index (χ3n) is 3.04. The Morgan fingerprint density at radius 1 is 0.952 bits per heavy atom. The average Bonchev–Trinajstić information content (AvgIpc) is 2.93. The molecule has 0 aliphatic rings. The summed E-state index contributed by atoms with van der Waals surface area (Å²) in [5.41, 5.74) is 2.59. The van der Waals surface area contributed by atoms with Crippen LogP contribution in [0.1, 0.15) is 11.4 Å². The monoisotopic (exact) mass is 281 g/mol. The zero-order valence-electron chi connectivity index (χ0n) is 11.6. The first-order valence-electron chi connectivity index (χ1n) is 6.66. The van der Waals surface area contributed by atoms with E-state index in [0.29, 0.717) is 6.54 Å². The summed E-state index contributed by atoms with van der Waals surface area (Å²) < 4.78 is 10.4. The topological polar surface area (TPSA) is 60.2 Å². The van der Waals surface area contributed by atoms with Crippen LogP contribution in [0.4, 0.5) is 5.69 Å². The normalized spacial score (nSPS) is 10.3. The summed E-state index contributed by atoms with van der Waals surface area (Å²) in [6, 6.07) is 17.5. The zero-order chi connectivity index (χ0) is 14.5. The highest BCUT2D eigenvalue weighted by Crippen LogP contribution is 2.22. The summed E-state index contributed by atoms with van der Waals surface area (Å²) in [4.78, 5) is 0. The number of hydrogen-bond donors (Lipinski definition) is 1. The molecule has 3 rings (SSSR count). The van der Waals surface area contributed by atoms with Crippen LogP contribution < -0.4 is 10.1 Å². The molecule has 5 heteroatoms. The van der Waals surface area contributed by atoms with Crippen molar-refractivity contribution in [3.63, 3.8) is 0 Å². The second kappa shape index (κ2) is 6.09. The molecule has 0 fully saturated rings. The summed E-state index contributed by atoms with van der Waals surface area (Å²) in [5, 5.41) is 10.8. The molecule has 0 atom stereocenters. The Hall–Kier alpha value is -2.82. The van der Waals surface area contributed by atoms with Crippen molar-refractivity contribution in [2.24, 2.45) is 0 Å². The summed E-state index contributed by atoms with van der Waals surface area (Å²) in [6.07, 6.45) is 0. The number of nitrogens with one attached hydrogen (secondary N) is 1. The largest absolute Gasteiger partial charge is 0.457 e. The second-order valence-electron chi connectivity index (χ2n) is 4.59. The molecule has 106 valence electrons. The maximum absolute atomic E-state index is 5.74. The molecule has 0 spiro atoms. The van der Waals surface area contributed by atoms with Crippen LogP contribution in [0.3, 0.4) is 0 Å². The fourth-order valence-electron chi connectivity index (χ4n) is 1.86. The van der Waals surface area contributed by atoms with Gasteiger partial charge in [0.1, 0.15) is 22.9 Å². The molecule has 1 aromatic heterocycles. The number of hydrogen-bond acceptors (Lipinski definition) is 5. The van der Waals surface area contributed by atoms with Crippen molar-refractivity contribution >= 4 is 5.69 Å². The van der Waals surface area contributed by atoms with Crippen LogP contribution in [0, 0.1) is 6.92 Å². The standard InChI is InChI=1S/C16H15N3O2/c1-12-16(19-21-18-12)11-17-13-7-9-15(10-8-13)20-14-5-3-2-4-6-14/h2-10,17H,11H2,1H3. The van der Waals surface area contributed by atoms with Gasteiger partial charge in [-0.25, -0.2) is 4.63 Å². The van der Waals surface area contributed by atoms with Gasteiger partial charge in [-0.15, -0.1) is 0 Å². The molecule has 0 bridgehead atoms. The smallest absolute Gasteiger partial charge is 0.127 e. The molecule has 0 saturated carbocycles. The molecule has 3 aromatic rings. The van der Waals surface area contributed by atoms with Crippen LogP contribution >= 0.6 is 0 Å². The van der Waals surface area contributed by atoms with Crippen LogP contribution in [-0.4, -0.2) is 10.3 Å². The molecule has 21 heavy (non-hydrogen) atoms. The molecule has 0 saturated heterocycles. The first-order chi connectivity index (χ1) is 10.3. The van der Waals surface area contributed by atoms with Crippen LogP contribution in [-0.2, 0) is 6.54 Å². The van der Waals surface area contributed by atoms with Gasteiger partial charge in [0.2, 0.25) is 0 Å². The van der Waals surface area contributed by atoms with Crippen LogP contribution in [0.5, 0.6) is 11.5 Å². The first-order valence-corrected chi connectivity index (χ1v) is 6.66. The first kappa shape index (κ1) is 13.2. The number of nitrogens with zero attached hydrogens (tertiary/aromatic N) is 2. The highest BCUT2D eigenvalue weighted by Gasteiger charge is 2.04. The van der Waals surface area contributed by atoms with E-state index in [4.69, 9.17) is 4.74 Å². The molecular formula is C16H15N3O2. The Kier molecular flexibility index (Phi) is 3.82. The highest BCUT2D eigenvalue weighted by molar-refractivity contribution is 5.47. The van der Waals surface area contributed by atoms with Crippen molar-refractivity contribution in [3.05, 3.63) is 66.0 Å². The minimum absolute atomic E-state index is 0.578. The van der Waals surface area contributed by atoms with Gasteiger partial charge in [-0.3, -0.25) is 0 Å². The van der Waals surface area contributed by atoms with E-state index in [1.54, 1.807) is 0 Å². The van der Waals surface area contributed by atoms with Gasteiger partial charge in [0, 0.05) is 5.69 Å². The third-order valence-corrected chi connectivity index (χ3v) is 3.04. The van der Waals surface area contributed by atoms with Gasteiger partial charge in [0.05, 0.1) is 6.54 Å². The SMILES string of the molecule is Cc1nonc1CNc1ccc(Oc2ccccc2)cc1. The van der Waals surface area contributed by atoms with E-state index in [1.807, 2.05) is 61.5 Å². The molecule has 0 radical (unpaired) electrons. The molecule has 5 nitrogen and oxygen atoms in total. The minimum atomic E-state index is 0.578. The van der Waals surface area contributed by atoms with Gasteiger partial charge < -0.3 is 10.1 Å². The molecule has 1 N–H and O–H groups in total. The Labute approximate surface area is 122 Å². The summed E-state index contributed by atoms with van der Waals surface area (Å²) >= 11 is 0. The minimum Gasteiger partial charge on any atom is -0.457 e. The van der Waals surface area contributed by atoms with Gasteiger partial charge in [0.25, 0.3) is 0 Å². The highest BCUT2D eigenvalue weighted by atomic mass is 16.6. The Bertz CT molecular complexity index is 693. The van der Waals surface area contributed by atoms with Crippen LogP contribution in [0.15, 0.2) is 59.2 Å². The Morgan fingerprint density at radius 2 is 1.67 bits per heavy atom. The van der Waals surface area contributed by atoms with Crippen molar-refractivity contribution in [1.29, 1.82) is 0 Å². The van der Waals surface area contributed by atoms with Gasteiger partial charge in [-0.1, -0.05) is 28.5 Å². The Morgan fingerprint density at radius 3 is 2.33 bits per heavy atom. The fraction of sp³-hybridized carbons (Fsp3) is 0.125. The van der Waals surface area contributed by atoms with Gasteiger partial charge in [0.15, 0.2) is 0 Å². The molecular weight excluding hydrogens is 266 g/mol. The lowest BCUT2D eigenvalue weighted by atomic mass is 10.2. The predicted octanol–water partition coefficient (Wildman–Crippen LogP) is 3.78. The summed E-state index contributed by atoms with van der Waals surface area (Å²) in [5.74, 6) is 1.62. The maximum atomic E-state index is 5.74. The van der Waals surface area contributed by atoms with Crippen molar-refractivity contribution in [2.75, 3.05) is 5.32 Å². The summed E-state index contributed by atoms with van der Waals surface area (Å²) in [6.45, 7) is 2.44. The lowest BCUT2D eigenvalue weighted by Gasteiger charge is -2.07. The lowest BCUT2D eigenvalue weighted by Crippen LogP contribution is -2.01. The van der Waals surface area contributed by atoms with Crippen LogP contribution in [0.2, 0.25) is 0 Å². The quantitative estimate of drug-likeness (QED) is 0.771. The number of anilines is 1. The molecule has 2 aromatic carbocycles. The Balaban J connectivity index is 1.60. The predicted molar refractivity (Wildman–Crippen MR) is 79.3 cm³/mol. The van der Waals surface area contributed by atoms with E-state index in [2.05, 4.69) is 20.3 Å². The zero-order valence-corrected chi connectivity index (χ0v) is 11.6. The molecule has 0 amide bonds. The van der Waals surface area contributed by atoms with E-state index in [9.17, 15) is 0 Å². The molecule has 0 unspecified atom stereocenters. The number of para-hydroxylation sites is 1. The molecule has 0 aliphatic heterocycles. The van der Waals surface area contributed by atoms with Gasteiger partial charge >= 0.3 is 0 Å². The van der Waals surface area contributed by atoms with Crippen molar-refractivity contribution in [2.45, 2.75) is 13.5 Å². The van der Waals surface area contributed by atoms with Crippen molar-refractivity contribution in [3.8, 4) is 11.5 Å². The van der Waals surface area contributed by atoms with Gasteiger partial charge in [-0.2, -0.15) is 0 Å². The van der Waals surface area contributed by atoms with E-state index in [-0.39, 0.29) is 0 Å². The number of rotatable bonds is 5. The van der Waals surface area contributed by atoms with Crippen LogP contribution in [0.25, 0.3) is 0 Å². The van der Waals surface area contributed by atoms with E-state index >= 15 is 0 Å². The molecule has 0 aliphatic carbocycles. The number of aromatic nitrogens is 2. The van der Waals surface area contributed by atoms with E-state index < -0.39 is 0 Å². The lowest BCUT2D eigenvalue weighted by molar-refractivity contribution is 0.301. The third kappa shape index (κ3) is 3.39. The second-order valence-corrected chi connectivity index (χ2v) is 4.59. The van der Waals surface area contributed by atoms with E-state index in [1.165, 1.54) is 0 Å². The number of ether oxygens (including phenoxy) is 1. The average molecular weight is 281 g/mol. The maximum Gasteiger partial charge on any atom is 0.127 e. The van der Waals surface area contributed by atoms with Crippen molar-refractivity contribution in [1.82, 2.24) is 10.3 Å². The summed E-state index contributed by atoms with van der Waals surface area (Å²) in [7, 11) is 0. The van der Waals surface area contributed by atoms with E-state index in [0.717, 1.165) is 28.6 Å². The number of benzene rings is 2.